The number of nitrogens with zero attached hydrogens (tertiary/aromatic N) is 6. The van der Waals surface area contributed by atoms with E-state index < -0.39 is 12.0 Å². The van der Waals surface area contributed by atoms with Gasteiger partial charge in [0.2, 0.25) is 5.91 Å². The maximum Gasteiger partial charge on any atom is 0.261 e. The highest BCUT2D eigenvalue weighted by atomic mass is 16.5. The number of anilines is 1. The van der Waals surface area contributed by atoms with E-state index in [0.29, 0.717) is 53.4 Å². The van der Waals surface area contributed by atoms with Gasteiger partial charge in [-0.15, -0.1) is 0 Å². The number of aromatic nitrogens is 5. The second kappa shape index (κ2) is 9.18. The lowest BCUT2D eigenvalue weighted by Gasteiger charge is -2.15. The molecule has 2 N–H and O–H groups in total. The minimum atomic E-state index is -0.502. The summed E-state index contributed by atoms with van der Waals surface area (Å²) in [4.78, 5) is 31.8. The number of hydrogen-bond donors (Lipinski definition) is 2. The van der Waals surface area contributed by atoms with Crippen molar-refractivity contribution >= 4 is 23.1 Å². The number of methoxy groups -OCH3 is 1. The van der Waals surface area contributed by atoms with Gasteiger partial charge in [-0.05, 0) is 31.5 Å². The number of carbonyl (C=O) groups excluding carboxylic acids is 2. The monoisotopic (exact) mass is 475 g/mol. The highest BCUT2D eigenvalue weighted by molar-refractivity contribution is 6.09. The number of ether oxygens (including phenoxy) is 1. The summed E-state index contributed by atoms with van der Waals surface area (Å²) in [5.41, 5.74) is 3.30. The van der Waals surface area contributed by atoms with E-state index >= 15 is 0 Å². The van der Waals surface area contributed by atoms with Crippen LogP contribution in [0.25, 0.3) is 16.9 Å². The van der Waals surface area contributed by atoms with Gasteiger partial charge in [0.25, 0.3) is 5.91 Å². The fourth-order valence-electron chi connectivity index (χ4n) is 4.18. The Kier molecular flexibility index (Phi) is 5.91. The molecule has 1 atom stereocenters. The van der Waals surface area contributed by atoms with Gasteiger partial charge in [0.15, 0.2) is 5.65 Å². The number of benzene rings is 1. The summed E-state index contributed by atoms with van der Waals surface area (Å²) in [6, 6.07) is 7.40. The van der Waals surface area contributed by atoms with Crippen molar-refractivity contribution in [2.24, 2.45) is 0 Å². The molecule has 0 spiro atoms. The fourth-order valence-corrected chi connectivity index (χ4v) is 4.18. The van der Waals surface area contributed by atoms with Crippen LogP contribution in [-0.4, -0.2) is 72.5 Å². The average molecular weight is 476 g/mol. The van der Waals surface area contributed by atoms with Crippen LogP contribution in [-0.2, 0) is 11.3 Å². The normalized spacial score (nSPS) is 15.5. The van der Waals surface area contributed by atoms with Gasteiger partial charge >= 0.3 is 0 Å². The molecule has 2 amide bonds. The number of carbonyl (C=O) groups is 2. The zero-order valence-electron chi connectivity index (χ0n) is 19.4. The molecule has 11 heteroatoms. The van der Waals surface area contributed by atoms with Crippen molar-refractivity contribution in [3.05, 3.63) is 60.2 Å². The molecular weight excluding hydrogens is 450 g/mol. The molecule has 0 bridgehead atoms. The second-order valence-electron chi connectivity index (χ2n) is 8.48. The molecule has 3 aromatic heterocycles. The van der Waals surface area contributed by atoms with E-state index in [2.05, 4.69) is 20.5 Å². The van der Waals surface area contributed by atoms with Crippen molar-refractivity contribution in [1.82, 2.24) is 29.3 Å². The Morgan fingerprint density at radius 1 is 1.31 bits per heavy atom. The molecule has 35 heavy (non-hydrogen) atoms. The molecule has 4 heterocycles. The maximum absolute atomic E-state index is 13.2. The van der Waals surface area contributed by atoms with Gasteiger partial charge < -0.3 is 20.1 Å². The standard InChI is InChI=1S/C24H25N7O4/c1-15-4-5-20(35-2)17(10-15)22-19(13-30(28-22)14-21(33)29-9-6-16(32)12-29)27-24(34)18-11-26-31-8-3-7-25-23(18)31/h3-5,7-8,10-11,13,16,32H,6,9,12,14H2,1-2H3,(H,27,34). The minimum Gasteiger partial charge on any atom is -0.496 e. The molecular formula is C24H25N7O4. The zero-order chi connectivity index (χ0) is 24.5. The lowest BCUT2D eigenvalue weighted by molar-refractivity contribution is -0.131. The predicted octanol–water partition coefficient (Wildman–Crippen LogP) is 1.76. The maximum atomic E-state index is 13.2. The van der Waals surface area contributed by atoms with E-state index in [1.165, 1.54) is 15.4 Å². The molecule has 180 valence electrons. The molecule has 1 fully saturated rings. The van der Waals surface area contributed by atoms with E-state index in [9.17, 15) is 14.7 Å². The van der Waals surface area contributed by atoms with Crippen LogP contribution in [0.2, 0.25) is 0 Å². The Morgan fingerprint density at radius 2 is 2.17 bits per heavy atom. The molecule has 0 aliphatic carbocycles. The quantitative estimate of drug-likeness (QED) is 0.435. The Morgan fingerprint density at radius 3 is 2.94 bits per heavy atom. The van der Waals surface area contributed by atoms with Gasteiger partial charge in [-0.2, -0.15) is 10.2 Å². The first-order valence-electron chi connectivity index (χ1n) is 11.2. The lowest BCUT2D eigenvalue weighted by atomic mass is 10.1. The van der Waals surface area contributed by atoms with Gasteiger partial charge in [-0.25, -0.2) is 9.50 Å². The van der Waals surface area contributed by atoms with Gasteiger partial charge in [0, 0.05) is 37.2 Å². The van der Waals surface area contributed by atoms with Crippen LogP contribution >= 0.6 is 0 Å². The number of nitrogens with one attached hydrogen (secondary N) is 1. The number of β-amino-alcohol motifs (C(OH)–C–C–N with tert-alkyl or cyclic N) is 1. The largest absolute Gasteiger partial charge is 0.496 e. The Balaban J connectivity index is 1.50. The summed E-state index contributed by atoms with van der Waals surface area (Å²) in [6.07, 6.45) is 6.44. The first kappa shape index (κ1) is 22.5. The smallest absolute Gasteiger partial charge is 0.261 e. The SMILES string of the molecule is COc1ccc(C)cc1-c1nn(CC(=O)N2CCC(O)C2)cc1NC(=O)c1cnn2cccnc12. The van der Waals surface area contributed by atoms with Crippen LogP contribution in [0.1, 0.15) is 22.3 Å². The van der Waals surface area contributed by atoms with Gasteiger partial charge in [-0.1, -0.05) is 11.6 Å². The predicted molar refractivity (Wildman–Crippen MR) is 127 cm³/mol. The van der Waals surface area contributed by atoms with Crippen LogP contribution in [0.5, 0.6) is 5.75 Å². The summed E-state index contributed by atoms with van der Waals surface area (Å²) in [6.45, 7) is 2.74. The average Bonchev–Trinajstić information content (AvgIpc) is 3.57. The summed E-state index contributed by atoms with van der Waals surface area (Å²) in [5.74, 6) is 0.0274. The number of aliphatic hydroxyl groups excluding tert-OH is 1. The van der Waals surface area contributed by atoms with Gasteiger partial charge in [0.1, 0.15) is 23.6 Å². The third-order valence-electron chi connectivity index (χ3n) is 5.96. The van der Waals surface area contributed by atoms with Crippen molar-refractivity contribution in [3.8, 4) is 17.0 Å². The Labute approximate surface area is 200 Å². The first-order chi connectivity index (χ1) is 16.9. The summed E-state index contributed by atoms with van der Waals surface area (Å²) >= 11 is 0. The molecule has 1 aliphatic rings. The number of rotatable bonds is 6. The molecule has 4 aromatic rings. The molecule has 0 radical (unpaired) electrons. The van der Waals surface area contributed by atoms with Crippen LogP contribution in [0.4, 0.5) is 5.69 Å². The van der Waals surface area contributed by atoms with E-state index in [1.54, 1.807) is 36.7 Å². The topological polar surface area (TPSA) is 127 Å². The van der Waals surface area contributed by atoms with Crippen LogP contribution < -0.4 is 10.1 Å². The fraction of sp³-hybridized carbons (Fsp3) is 0.292. The third kappa shape index (κ3) is 4.45. The summed E-state index contributed by atoms with van der Waals surface area (Å²) in [7, 11) is 1.57. The number of fused-ring (bicyclic) bond motifs is 1. The Hall–Kier alpha value is -4.25. The second-order valence-corrected chi connectivity index (χ2v) is 8.48. The lowest BCUT2D eigenvalue weighted by Crippen LogP contribution is -2.32. The van der Waals surface area contributed by atoms with Crippen molar-refractivity contribution in [1.29, 1.82) is 0 Å². The van der Waals surface area contributed by atoms with Crippen molar-refractivity contribution in [3.63, 3.8) is 0 Å². The molecule has 5 rings (SSSR count). The number of likely N-dealkylation sites (tertiary alicyclic amines) is 1. The molecule has 0 saturated carbocycles. The molecule has 1 unspecified atom stereocenters. The van der Waals surface area contributed by atoms with E-state index in [-0.39, 0.29) is 12.5 Å². The van der Waals surface area contributed by atoms with Crippen molar-refractivity contribution in [2.75, 3.05) is 25.5 Å². The Bertz CT molecular complexity index is 1410. The van der Waals surface area contributed by atoms with Gasteiger partial charge in [0.05, 0.1) is 25.1 Å². The van der Waals surface area contributed by atoms with Crippen molar-refractivity contribution in [2.45, 2.75) is 26.0 Å². The molecule has 11 nitrogen and oxygen atoms in total. The van der Waals surface area contributed by atoms with Crippen LogP contribution in [0.15, 0.2) is 49.1 Å². The first-order valence-corrected chi connectivity index (χ1v) is 11.2. The van der Waals surface area contributed by atoms with E-state index in [0.717, 1.165) is 5.56 Å². The highest BCUT2D eigenvalue weighted by Gasteiger charge is 2.26. The van der Waals surface area contributed by atoms with Crippen LogP contribution in [0, 0.1) is 6.92 Å². The molecule has 1 saturated heterocycles. The number of hydrogen-bond acceptors (Lipinski definition) is 7. The van der Waals surface area contributed by atoms with Crippen molar-refractivity contribution < 1.29 is 19.4 Å². The zero-order valence-corrected chi connectivity index (χ0v) is 19.4. The summed E-state index contributed by atoms with van der Waals surface area (Å²) < 4.78 is 8.55. The molecule has 1 aliphatic heterocycles. The van der Waals surface area contributed by atoms with E-state index in [4.69, 9.17) is 4.74 Å². The van der Waals surface area contributed by atoms with Crippen LogP contribution in [0.3, 0.4) is 0 Å². The number of aryl methyl sites for hydroxylation is 1. The number of amides is 2. The summed E-state index contributed by atoms with van der Waals surface area (Å²) in [5, 5.41) is 21.5. The van der Waals surface area contributed by atoms with Gasteiger partial charge in [-0.3, -0.25) is 14.3 Å². The minimum absolute atomic E-state index is 0.0258. The third-order valence-corrected chi connectivity index (χ3v) is 5.96. The van der Waals surface area contributed by atoms with E-state index in [1.807, 2.05) is 25.1 Å². The highest BCUT2D eigenvalue weighted by Crippen LogP contribution is 2.35. The number of aliphatic hydroxyl groups is 1. The molecule has 1 aromatic carbocycles.